The summed E-state index contributed by atoms with van der Waals surface area (Å²) in [6.45, 7) is 5.37. The summed E-state index contributed by atoms with van der Waals surface area (Å²) in [5, 5.41) is 1.02. The minimum Gasteiger partial charge on any atom is -0.488 e. The number of aromatic amines is 1. The molecular formula is C29H32F3N3O2. The lowest BCUT2D eigenvalue weighted by Gasteiger charge is -2.42. The molecular weight excluding hydrogens is 479 g/mol. The lowest BCUT2D eigenvalue weighted by molar-refractivity contribution is -0.141. The molecule has 2 aromatic carbocycles. The summed E-state index contributed by atoms with van der Waals surface area (Å²) in [5.41, 5.74) is 1.94. The van der Waals surface area contributed by atoms with Gasteiger partial charge in [0.1, 0.15) is 29.5 Å². The Kier molecular flexibility index (Phi) is 5.97. The summed E-state index contributed by atoms with van der Waals surface area (Å²) in [4.78, 5) is 20.8. The molecule has 1 aliphatic carbocycles. The van der Waals surface area contributed by atoms with Crippen LogP contribution in [0, 0.1) is 17.0 Å². The van der Waals surface area contributed by atoms with Crippen LogP contribution < -0.4 is 4.74 Å². The smallest absolute Gasteiger partial charge is 0.229 e. The van der Waals surface area contributed by atoms with E-state index in [-0.39, 0.29) is 36.0 Å². The van der Waals surface area contributed by atoms with Crippen molar-refractivity contribution in [2.45, 2.75) is 57.7 Å². The van der Waals surface area contributed by atoms with Crippen molar-refractivity contribution in [1.29, 1.82) is 0 Å². The first-order valence-corrected chi connectivity index (χ1v) is 13.2. The maximum Gasteiger partial charge on any atom is 0.229 e. The molecule has 0 spiro atoms. The summed E-state index contributed by atoms with van der Waals surface area (Å²) in [6, 6.07) is 9.16. The predicted molar refractivity (Wildman–Crippen MR) is 135 cm³/mol. The number of benzene rings is 2. The maximum absolute atomic E-state index is 15.8. The maximum atomic E-state index is 15.8. The number of hydrogen-bond acceptors (Lipinski definition) is 3. The highest BCUT2D eigenvalue weighted by Crippen LogP contribution is 2.51. The fraction of sp³-hybridized carbons (Fsp3) is 0.483. The van der Waals surface area contributed by atoms with E-state index in [0.29, 0.717) is 38.2 Å². The molecule has 1 saturated heterocycles. The normalized spacial score (nSPS) is 23.1. The number of ether oxygens (including phenoxy) is 1. The van der Waals surface area contributed by atoms with Crippen LogP contribution in [0.2, 0.25) is 0 Å². The van der Waals surface area contributed by atoms with E-state index in [9.17, 15) is 9.18 Å². The summed E-state index contributed by atoms with van der Waals surface area (Å²) in [5.74, 6) is -1.39. The summed E-state index contributed by atoms with van der Waals surface area (Å²) < 4.78 is 49.9. The molecule has 2 fully saturated rings. The Morgan fingerprint density at radius 1 is 1.16 bits per heavy atom. The van der Waals surface area contributed by atoms with Crippen LogP contribution in [0.15, 0.2) is 36.4 Å². The number of nitrogens with zero attached hydrogens (tertiary/aromatic N) is 2. The van der Waals surface area contributed by atoms with Gasteiger partial charge >= 0.3 is 0 Å². The molecule has 0 bridgehead atoms. The highest BCUT2D eigenvalue weighted by atomic mass is 19.1. The molecule has 3 aromatic rings. The molecule has 196 valence electrons. The third-order valence-electron chi connectivity index (χ3n) is 8.28. The second-order valence-electron chi connectivity index (χ2n) is 11.1. The highest BCUT2D eigenvalue weighted by molar-refractivity contribution is 5.89. The monoisotopic (exact) mass is 511 g/mol. The van der Waals surface area contributed by atoms with Gasteiger partial charge in [-0.25, -0.2) is 8.78 Å². The van der Waals surface area contributed by atoms with Crippen molar-refractivity contribution in [2.75, 3.05) is 26.3 Å². The van der Waals surface area contributed by atoms with Crippen molar-refractivity contribution >= 4 is 16.8 Å². The van der Waals surface area contributed by atoms with Crippen molar-refractivity contribution in [3.05, 3.63) is 64.9 Å². The molecule has 0 radical (unpaired) electrons. The van der Waals surface area contributed by atoms with E-state index in [1.54, 1.807) is 4.90 Å². The van der Waals surface area contributed by atoms with E-state index in [2.05, 4.69) is 4.98 Å². The van der Waals surface area contributed by atoms with Crippen LogP contribution in [0.1, 0.15) is 56.0 Å². The number of amides is 1. The van der Waals surface area contributed by atoms with E-state index < -0.39 is 23.1 Å². The van der Waals surface area contributed by atoms with Crippen molar-refractivity contribution in [3.63, 3.8) is 0 Å². The van der Waals surface area contributed by atoms with Crippen LogP contribution in [0.5, 0.6) is 5.75 Å². The van der Waals surface area contributed by atoms with Crippen LogP contribution in [0.4, 0.5) is 13.2 Å². The van der Waals surface area contributed by atoms with Crippen LogP contribution in [0.25, 0.3) is 10.9 Å². The average molecular weight is 512 g/mol. The van der Waals surface area contributed by atoms with Crippen molar-refractivity contribution in [1.82, 2.24) is 14.8 Å². The molecule has 1 N–H and O–H groups in total. The number of nitrogens with one attached hydrogen (secondary N) is 1. The van der Waals surface area contributed by atoms with Gasteiger partial charge in [0.2, 0.25) is 5.91 Å². The molecule has 8 heteroatoms. The molecule has 37 heavy (non-hydrogen) atoms. The zero-order valence-electron chi connectivity index (χ0n) is 21.2. The first kappa shape index (κ1) is 24.3. The topological polar surface area (TPSA) is 48.6 Å². The summed E-state index contributed by atoms with van der Waals surface area (Å²) >= 11 is 0. The Bertz CT molecular complexity index is 1320. The molecule has 1 amide bonds. The number of hydrogen-bond donors (Lipinski definition) is 1. The van der Waals surface area contributed by atoms with Gasteiger partial charge in [-0.05, 0) is 44.2 Å². The van der Waals surface area contributed by atoms with Crippen molar-refractivity contribution in [2.24, 2.45) is 5.41 Å². The number of carbonyl (C=O) groups excluding carboxylic acids is 1. The van der Waals surface area contributed by atoms with E-state index in [1.165, 1.54) is 12.1 Å². The van der Waals surface area contributed by atoms with E-state index in [0.717, 1.165) is 29.3 Å². The Balaban J connectivity index is 1.37. The first-order chi connectivity index (χ1) is 17.8. The number of para-hydroxylation sites is 1. The Morgan fingerprint density at radius 2 is 1.86 bits per heavy atom. The first-order valence-electron chi connectivity index (χ1n) is 13.2. The quantitative estimate of drug-likeness (QED) is 0.454. The molecule has 2 atom stereocenters. The van der Waals surface area contributed by atoms with Gasteiger partial charge in [-0.3, -0.25) is 14.1 Å². The van der Waals surface area contributed by atoms with E-state index in [1.807, 2.05) is 43.0 Å². The standard InChI is InChI=1S/C29H32F3N3O2/c1-17-12-21-20-6-3-4-7-24(20)33-26(21)27(35(17)28(36)29(2)8-9-29)25-22(31)13-18(14-23(25)32)37-19-15-34(16-19)11-5-10-30/h3-4,6-7,13-14,17,19,27,33H,5,8-12,15-16H2,1-2H3/t17-,27-/m1/s1. The lowest BCUT2D eigenvalue weighted by atomic mass is 9.86. The number of likely N-dealkylation sites (tertiary alicyclic amines) is 1. The number of carbonyl (C=O) groups is 1. The fourth-order valence-corrected chi connectivity index (χ4v) is 5.92. The number of halogens is 3. The number of aromatic nitrogens is 1. The summed E-state index contributed by atoms with van der Waals surface area (Å²) in [6.07, 6.45) is 2.45. The van der Waals surface area contributed by atoms with Crippen LogP contribution in [-0.2, 0) is 11.2 Å². The van der Waals surface area contributed by atoms with Gasteiger partial charge in [-0.15, -0.1) is 0 Å². The third-order valence-corrected chi connectivity index (χ3v) is 8.28. The molecule has 2 aliphatic heterocycles. The van der Waals surface area contributed by atoms with Gasteiger partial charge in [0.25, 0.3) is 0 Å². The van der Waals surface area contributed by atoms with Crippen molar-refractivity contribution < 1.29 is 22.7 Å². The lowest BCUT2D eigenvalue weighted by Crippen LogP contribution is -2.53. The molecule has 1 saturated carbocycles. The van der Waals surface area contributed by atoms with E-state index >= 15 is 8.78 Å². The molecule has 3 aliphatic rings. The van der Waals surface area contributed by atoms with Gasteiger partial charge < -0.3 is 14.6 Å². The van der Waals surface area contributed by atoms with Gasteiger partial charge in [0, 0.05) is 59.8 Å². The van der Waals surface area contributed by atoms with Crippen LogP contribution in [0.3, 0.4) is 0 Å². The molecule has 0 unspecified atom stereocenters. The van der Waals surface area contributed by atoms with Gasteiger partial charge in [0.15, 0.2) is 0 Å². The number of fused-ring (bicyclic) bond motifs is 3. The Labute approximate surface area is 214 Å². The van der Waals surface area contributed by atoms with Crippen molar-refractivity contribution in [3.8, 4) is 5.75 Å². The zero-order valence-corrected chi connectivity index (χ0v) is 21.2. The molecule has 5 nitrogen and oxygen atoms in total. The van der Waals surface area contributed by atoms with E-state index in [4.69, 9.17) is 4.74 Å². The Hall–Kier alpha value is -3.00. The number of H-pyrrole nitrogens is 1. The molecule has 3 heterocycles. The van der Waals surface area contributed by atoms with Crippen LogP contribution >= 0.6 is 0 Å². The fourth-order valence-electron chi connectivity index (χ4n) is 5.92. The minimum atomic E-state index is -0.898. The molecule has 1 aromatic heterocycles. The average Bonchev–Trinajstić information content (AvgIpc) is 3.49. The Morgan fingerprint density at radius 3 is 2.54 bits per heavy atom. The van der Waals surface area contributed by atoms with Crippen LogP contribution in [-0.4, -0.2) is 59.1 Å². The van der Waals surface area contributed by atoms with Gasteiger partial charge in [-0.2, -0.15) is 0 Å². The van der Waals surface area contributed by atoms with Gasteiger partial charge in [-0.1, -0.05) is 25.1 Å². The number of rotatable bonds is 7. The highest BCUT2D eigenvalue weighted by Gasteiger charge is 2.52. The second kappa shape index (κ2) is 9.08. The predicted octanol–water partition coefficient (Wildman–Crippen LogP) is 5.53. The molecule has 6 rings (SSSR count). The third kappa shape index (κ3) is 4.19. The number of alkyl halides is 1. The second-order valence-corrected chi connectivity index (χ2v) is 11.1. The SMILES string of the molecule is C[C@@H]1Cc2c([nH]c3ccccc23)[C@@H](c2c(F)cc(OC3CN(CCCF)C3)cc2F)N1C(=O)C1(C)CC1. The largest absolute Gasteiger partial charge is 0.488 e. The minimum absolute atomic E-state index is 0.0590. The van der Waals surface area contributed by atoms with Gasteiger partial charge in [0.05, 0.1) is 12.2 Å². The zero-order chi connectivity index (χ0) is 25.9. The summed E-state index contributed by atoms with van der Waals surface area (Å²) in [7, 11) is 0.